The van der Waals surface area contributed by atoms with Gasteiger partial charge in [-0.3, -0.25) is 9.88 Å². The lowest BCUT2D eigenvalue weighted by Crippen LogP contribution is -2.42. The monoisotopic (exact) mass is 484 g/mol. The minimum absolute atomic E-state index is 0.220. The Labute approximate surface area is 204 Å². The van der Waals surface area contributed by atoms with Gasteiger partial charge in [0, 0.05) is 41.4 Å². The highest BCUT2D eigenvalue weighted by molar-refractivity contribution is 6.34. The van der Waals surface area contributed by atoms with Crippen molar-refractivity contribution in [3.05, 3.63) is 87.2 Å². The van der Waals surface area contributed by atoms with Gasteiger partial charge in [0.1, 0.15) is 11.7 Å². The Morgan fingerprint density at radius 3 is 2.42 bits per heavy atom. The van der Waals surface area contributed by atoms with E-state index in [4.69, 9.17) is 42.4 Å². The fourth-order valence-electron chi connectivity index (χ4n) is 4.99. The maximum Gasteiger partial charge on any atom is 0.161 e. The zero-order chi connectivity index (χ0) is 23.0. The number of aromatic nitrogens is 1. The van der Waals surface area contributed by atoms with Gasteiger partial charge in [-0.1, -0.05) is 35.3 Å². The van der Waals surface area contributed by atoms with Gasteiger partial charge in [-0.2, -0.15) is 0 Å². The third kappa shape index (κ3) is 4.31. The molecule has 2 aliphatic heterocycles. The predicted octanol–water partition coefficient (Wildman–Crippen LogP) is 6.02. The van der Waals surface area contributed by atoms with Crippen molar-refractivity contribution in [3.8, 4) is 11.5 Å². The van der Waals surface area contributed by atoms with E-state index >= 15 is 0 Å². The van der Waals surface area contributed by atoms with Crippen LogP contribution in [0.3, 0.4) is 0 Å². The van der Waals surface area contributed by atoms with Gasteiger partial charge in [-0.15, -0.1) is 0 Å². The lowest BCUT2D eigenvalue weighted by Gasteiger charge is -2.39. The number of pyridine rings is 1. The Morgan fingerprint density at radius 2 is 1.73 bits per heavy atom. The molecule has 3 aromatic rings. The first-order valence-electron chi connectivity index (χ1n) is 11.0. The average molecular weight is 485 g/mol. The minimum atomic E-state index is -0.399. The van der Waals surface area contributed by atoms with E-state index in [-0.39, 0.29) is 6.10 Å². The van der Waals surface area contributed by atoms with Gasteiger partial charge in [-0.25, -0.2) is 0 Å². The standard InChI is InChI=1S/C26H26Cl2N2O3/c1-31-22-6-5-17(12-23(22)32-2)16-30-10-7-26(8-11-30)25-21(4-3-9-29-25)24(33-26)18-13-19(27)15-20(28)14-18/h3-6,9,12-15,24H,7-8,10-11,16H2,1-2H3. The van der Waals surface area contributed by atoms with Crippen LogP contribution in [0.2, 0.25) is 10.0 Å². The number of likely N-dealkylation sites (tertiary alicyclic amines) is 1. The molecule has 0 amide bonds. The van der Waals surface area contributed by atoms with Crippen LogP contribution in [-0.2, 0) is 16.9 Å². The van der Waals surface area contributed by atoms with E-state index in [1.807, 2.05) is 36.5 Å². The fourth-order valence-corrected chi connectivity index (χ4v) is 5.54. The number of piperidine rings is 1. The summed E-state index contributed by atoms with van der Waals surface area (Å²) in [4.78, 5) is 7.21. The quantitative estimate of drug-likeness (QED) is 0.443. The van der Waals surface area contributed by atoms with Gasteiger partial charge < -0.3 is 14.2 Å². The van der Waals surface area contributed by atoms with Crippen molar-refractivity contribution in [1.29, 1.82) is 0 Å². The topological polar surface area (TPSA) is 43.8 Å². The highest BCUT2D eigenvalue weighted by Crippen LogP contribution is 2.51. The lowest BCUT2D eigenvalue weighted by atomic mass is 9.86. The smallest absolute Gasteiger partial charge is 0.161 e. The van der Waals surface area contributed by atoms with Crippen LogP contribution in [0.1, 0.15) is 41.3 Å². The van der Waals surface area contributed by atoms with Crippen LogP contribution < -0.4 is 9.47 Å². The highest BCUT2D eigenvalue weighted by Gasteiger charge is 2.48. The second-order valence-electron chi connectivity index (χ2n) is 8.60. The Morgan fingerprint density at radius 1 is 1.00 bits per heavy atom. The molecular weight excluding hydrogens is 459 g/mol. The van der Waals surface area contributed by atoms with Crippen LogP contribution >= 0.6 is 23.2 Å². The van der Waals surface area contributed by atoms with E-state index in [0.717, 1.165) is 60.8 Å². The number of fused-ring (bicyclic) bond motifs is 2. The second-order valence-corrected chi connectivity index (χ2v) is 9.47. The van der Waals surface area contributed by atoms with Crippen LogP contribution in [0.5, 0.6) is 11.5 Å². The molecule has 172 valence electrons. The molecule has 0 saturated carbocycles. The molecule has 1 spiro atoms. The largest absolute Gasteiger partial charge is 0.493 e. The van der Waals surface area contributed by atoms with E-state index in [0.29, 0.717) is 10.0 Å². The van der Waals surface area contributed by atoms with E-state index in [2.05, 4.69) is 17.0 Å². The van der Waals surface area contributed by atoms with Crippen molar-refractivity contribution in [1.82, 2.24) is 9.88 Å². The number of methoxy groups -OCH3 is 2. The number of nitrogens with zero attached hydrogens (tertiary/aromatic N) is 2. The molecule has 1 aromatic heterocycles. The summed E-state index contributed by atoms with van der Waals surface area (Å²) < 4.78 is 17.6. The SMILES string of the molecule is COc1ccc(CN2CCC3(CC2)OC(c2cc(Cl)cc(Cl)c2)c2cccnc23)cc1OC. The van der Waals surface area contributed by atoms with Crippen molar-refractivity contribution in [2.75, 3.05) is 27.3 Å². The lowest BCUT2D eigenvalue weighted by molar-refractivity contribution is -0.0996. The van der Waals surface area contributed by atoms with Gasteiger partial charge in [-0.05, 0) is 60.4 Å². The van der Waals surface area contributed by atoms with Crippen LogP contribution in [0.25, 0.3) is 0 Å². The maximum absolute atomic E-state index is 6.78. The Bertz CT molecular complexity index is 1140. The molecule has 1 unspecified atom stereocenters. The number of halogens is 2. The highest BCUT2D eigenvalue weighted by atomic mass is 35.5. The third-order valence-electron chi connectivity index (χ3n) is 6.60. The van der Waals surface area contributed by atoms with Crippen LogP contribution in [0.4, 0.5) is 0 Å². The average Bonchev–Trinajstić information content (AvgIpc) is 3.14. The van der Waals surface area contributed by atoms with Crippen molar-refractivity contribution >= 4 is 23.2 Å². The number of benzene rings is 2. The number of rotatable bonds is 5. The summed E-state index contributed by atoms with van der Waals surface area (Å²) >= 11 is 12.6. The summed E-state index contributed by atoms with van der Waals surface area (Å²) in [5, 5.41) is 1.22. The summed E-state index contributed by atoms with van der Waals surface area (Å²) in [7, 11) is 3.32. The number of ether oxygens (including phenoxy) is 3. The molecule has 0 N–H and O–H groups in total. The number of hydrogen-bond acceptors (Lipinski definition) is 5. The summed E-state index contributed by atoms with van der Waals surface area (Å²) in [6.07, 6.45) is 3.37. The molecule has 2 aromatic carbocycles. The molecular formula is C26H26Cl2N2O3. The normalized spacial score (nSPS) is 19.5. The van der Waals surface area contributed by atoms with E-state index in [1.54, 1.807) is 20.3 Å². The number of hydrogen-bond donors (Lipinski definition) is 0. The molecule has 1 saturated heterocycles. The van der Waals surface area contributed by atoms with Crippen LogP contribution in [0.15, 0.2) is 54.7 Å². The van der Waals surface area contributed by atoms with E-state index in [9.17, 15) is 0 Å². The maximum atomic E-state index is 6.78. The van der Waals surface area contributed by atoms with E-state index < -0.39 is 5.60 Å². The summed E-state index contributed by atoms with van der Waals surface area (Å²) in [6, 6.07) is 15.8. The van der Waals surface area contributed by atoms with Gasteiger partial charge in [0.15, 0.2) is 11.5 Å². The molecule has 3 heterocycles. The first-order chi connectivity index (χ1) is 16.0. The first kappa shape index (κ1) is 22.5. The van der Waals surface area contributed by atoms with E-state index in [1.165, 1.54) is 5.56 Å². The molecule has 33 heavy (non-hydrogen) atoms. The Hall–Kier alpha value is -2.31. The molecule has 1 atom stereocenters. The molecule has 0 aliphatic carbocycles. The van der Waals surface area contributed by atoms with Crippen molar-refractivity contribution in [2.45, 2.75) is 31.1 Å². The molecule has 2 aliphatic rings. The van der Waals surface area contributed by atoms with Crippen molar-refractivity contribution in [3.63, 3.8) is 0 Å². The second kappa shape index (κ2) is 9.15. The van der Waals surface area contributed by atoms with Crippen molar-refractivity contribution in [2.24, 2.45) is 0 Å². The zero-order valence-electron chi connectivity index (χ0n) is 18.7. The Balaban J connectivity index is 1.35. The molecule has 5 nitrogen and oxygen atoms in total. The Kier molecular flexibility index (Phi) is 6.23. The molecule has 0 radical (unpaired) electrons. The van der Waals surface area contributed by atoms with Gasteiger partial charge in [0.2, 0.25) is 0 Å². The summed E-state index contributed by atoms with van der Waals surface area (Å²) in [6.45, 7) is 2.67. The van der Waals surface area contributed by atoms with Gasteiger partial charge in [0.25, 0.3) is 0 Å². The van der Waals surface area contributed by atoms with Crippen LogP contribution in [-0.4, -0.2) is 37.2 Å². The third-order valence-corrected chi connectivity index (χ3v) is 7.04. The molecule has 0 bridgehead atoms. The van der Waals surface area contributed by atoms with Crippen LogP contribution in [0, 0.1) is 0 Å². The minimum Gasteiger partial charge on any atom is -0.493 e. The van der Waals surface area contributed by atoms with Gasteiger partial charge >= 0.3 is 0 Å². The predicted molar refractivity (Wildman–Crippen MR) is 129 cm³/mol. The molecule has 5 rings (SSSR count). The first-order valence-corrected chi connectivity index (χ1v) is 11.8. The zero-order valence-corrected chi connectivity index (χ0v) is 20.2. The summed E-state index contributed by atoms with van der Waals surface area (Å²) in [5.74, 6) is 1.50. The molecule has 7 heteroatoms. The summed E-state index contributed by atoms with van der Waals surface area (Å²) in [5.41, 5.74) is 3.90. The fraction of sp³-hybridized carbons (Fsp3) is 0.346. The molecule has 1 fully saturated rings. The van der Waals surface area contributed by atoms with Crippen molar-refractivity contribution < 1.29 is 14.2 Å². The van der Waals surface area contributed by atoms with Gasteiger partial charge in [0.05, 0.1) is 19.9 Å².